The summed E-state index contributed by atoms with van der Waals surface area (Å²) in [5, 5.41) is 2.84. The van der Waals surface area contributed by atoms with Crippen LogP contribution in [-0.2, 0) is 9.53 Å². The van der Waals surface area contributed by atoms with E-state index in [1.165, 1.54) is 0 Å². The Labute approximate surface area is 116 Å². The number of carbonyl (C=O) groups is 1. The van der Waals surface area contributed by atoms with E-state index in [0.29, 0.717) is 25.6 Å². The van der Waals surface area contributed by atoms with E-state index in [0.717, 1.165) is 39.0 Å². The highest BCUT2D eigenvalue weighted by Gasteiger charge is 2.26. The number of nitrogens with one attached hydrogen (secondary N) is 1. The number of piperidine rings is 1. The summed E-state index contributed by atoms with van der Waals surface area (Å²) >= 11 is 0. The Bertz CT molecular complexity index is 261. The second-order valence-electron chi connectivity index (χ2n) is 5.18. The molecule has 19 heavy (non-hydrogen) atoms. The van der Waals surface area contributed by atoms with Gasteiger partial charge in [-0.3, -0.25) is 9.69 Å². The van der Waals surface area contributed by atoms with Gasteiger partial charge in [0.1, 0.15) is 0 Å². The van der Waals surface area contributed by atoms with Gasteiger partial charge in [-0.25, -0.2) is 0 Å². The molecule has 0 saturated carbocycles. The predicted octanol–water partition coefficient (Wildman–Crippen LogP) is 0.731. The van der Waals surface area contributed by atoms with E-state index in [9.17, 15) is 4.79 Å². The number of nitrogens with zero attached hydrogens (tertiary/aromatic N) is 1. The third kappa shape index (κ3) is 5.89. The van der Waals surface area contributed by atoms with Crippen LogP contribution < -0.4 is 11.1 Å². The minimum absolute atomic E-state index is 0.0922. The van der Waals surface area contributed by atoms with Crippen LogP contribution >= 0.6 is 0 Å². The number of ether oxygens (including phenoxy) is 1. The van der Waals surface area contributed by atoms with Crippen LogP contribution in [0.2, 0.25) is 0 Å². The largest absolute Gasteiger partial charge is 0.377 e. The molecule has 1 aliphatic rings. The fourth-order valence-electron chi connectivity index (χ4n) is 2.56. The van der Waals surface area contributed by atoms with Crippen LogP contribution in [0.5, 0.6) is 0 Å². The normalized spacial score (nSPS) is 22.2. The molecular formula is C14H29N3O2. The molecule has 1 saturated heterocycles. The van der Waals surface area contributed by atoms with Gasteiger partial charge < -0.3 is 15.8 Å². The standard InChI is InChI=1S/C14H29N3O2/c1-3-8-19-13-6-5-7-17(11-13)12(10-15)9-14(18)16-4-2/h12-13H,3-11,15H2,1-2H3,(H,16,18). The van der Waals surface area contributed by atoms with Crippen molar-refractivity contribution in [2.45, 2.75) is 51.7 Å². The maximum Gasteiger partial charge on any atom is 0.221 e. The van der Waals surface area contributed by atoms with Crippen molar-refractivity contribution in [3.63, 3.8) is 0 Å². The van der Waals surface area contributed by atoms with Crippen LogP contribution in [0, 0.1) is 0 Å². The summed E-state index contributed by atoms with van der Waals surface area (Å²) in [6.45, 7) is 8.01. The molecular weight excluding hydrogens is 242 g/mol. The SMILES string of the molecule is CCCOC1CCCN(C(CN)CC(=O)NCC)C1. The quantitative estimate of drug-likeness (QED) is 0.683. The second-order valence-corrected chi connectivity index (χ2v) is 5.18. The zero-order chi connectivity index (χ0) is 14.1. The van der Waals surface area contributed by atoms with Gasteiger partial charge in [-0.05, 0) is 32.7 Å². The lowest BCUT2D eigenvalue weighted by Gasteiger charge is -2.37. The molecule has 0 aliphatic carbocycles. The summed E-state index contributed by atoms with van der Waals surface area (Å²) < 4.78 is 5.83. The first-order chi connectivity index (χ1) is 9.21. The predicted molar refractivity (Wildman–Crippen MR) is 77.0 cm³/mol. The number of nitrogens with two attached hydrogens (primary N) is 1. The average Bonchev–Trinajstić information content (AvgIpc) is 2.43. The highest BCUT2D eigenvalue weighted by molar-refractivity contribution is 5.76. The van der Waals surface area contributed by atoms with E-state index < -0.39 is 0 Å². The minimum atomic E-state index is 0.0922. The molecule has 1 fully saturated rings. The topological polar surface area (TPSA) is 67.6 Å². The summed E-state index contributed by atoms with van der Waals surface area (Å²) in [4.78, 5) is 14.0. The molecule has 1 rings (SSSR count). The molecule has 5 heteroatoms. The third-order valence-corrected chi connectivity index (χ3v) is 3.55. The zero-order valence-electron chi connectivity index (χ0n) is 12.4. The molecule has 2 atom stereocenters. The van der Waals surface area contributed by atoms with Crippen LogP contribution in [0.1, 0.15) is 39.5 Å². The van der Waals surface area contributed by atoms with Gasteiger partial charge in [0.2, 0.25) is 5.91 Å². The van der Waals surface area contributed by atoms with Gasteiger partial charge in [0.25, 0.3) is 0 Å². The lowest BCUT2D eigenvalue weighted by atomic mass is 10.0. The van der Waals surface area contributed by atoms with Gasteiger partial charge in [0, 0.05) is 38.7 Å². The van der Waals surface area contributed by atoms with E-state index in [-0.39, 0.29) is 11.9 Å². The molecule has 0 aromatic heterocycles. The van der Waals surface area contributed by atoms with Crippen molar-refractivity contribution in [1.82, 2.24) is 10.2 Å². The molecule has 1 heterocycles. The van der Waals surface area contributed by atoms with Crippen molar-refractivity contribution < 1.29 is 9.53 Å². The van der Waals surface area contributed by atoms with Crippen molar-refractivity contribution in [3.8, 4) is 0 Å². The maximum atomic E-state index is 11.7. The lowest BCUT2D eigenvalue weighted by Crippen LogP contribution is -2.50. The minimum Gasteiger partial charge on any atom is -0.377 e. The number of amides is 1. The highest BCUT2D eigenvalue weighted by atomic mass is 16.5. The van der Waals surface area contributed by atoms with Crippen LogP contribution in [0.25, 0.3) is 0 Å². The van der Waals surface area contributed by atoms with Crippen molar-refractivity contribution in [3.05, 3.63) is 0 Å². The molecule has 3 N–H and O–H groups in total. The second kappa shape index (κ2) is 9.28. The van der Waals surface area contributed by atoms with Gasteiger partial charge in [0.15, 0.2) is 0 Å². The number of rotatable bonds is 8. The number of carbonyl (C=O) groups excluding carboxylic acids is 1. The van der Waals surface area contributed by atoms with Crippen molar-refractivity contribution in [2.75, 3.05) is 32.8 Å². The molecule has 5 nitrogen and oxygen atoms in total. The molecule has 1 aliphatic heterocycles. The fraction of sp³-hybridized carbons (Fsp3) is 0.929. The van der Waals surface area contributed by atoms with Crippen LogP contribution in [0.3, 0.4) is 0 Å². The molecule has 0 aromatic carbocycles. The Morgan fingerprint density at radius 2 is 2.32 bits per heavy atom. The molecule has 1 amide bonds. The molecule has 0 bridgehead atoms. The Kier molecular flexibility index (Phi) is 8.02. The Morgan fingerprint density at radius 3 is 2.95 bits per heavy atom. The van der Waals surface area contributed by atoms with Gasteiger partial charge in [-0.1, -0.05) is 6.92 Å². The lowest BCUT2D eigenvalue weighted by molar-refractivity contribution is -0.122. The summed E-state index contributed by atoms with van der Waals surface area (Å²) in [7, 11) is 0. The van der Waals surface area contributed by atoms with E-state index in [4.69, 9.17) is 10.5 Å². The van der Waals surface area contributed by atoms with E-state index >= 15 is 0 Å². The molecule has 2 unspecified atom stereocenters. The summed E-state index contributed by atoms with van der Waals surface area (Å²) in [5.41, 5.74) is 5.83. The van der Waals surface area contributed by atoms with E-state index in [1.807, 2.05) is 6.92 Å². The van der Waals surface area contributed by atoms with Crippen LogP contribution in [0.4, 0.5) is 0 Å². The molecule has 0 spiro atoms. The number of hydrogen-bond acceptors (Lipinski definition) is 4. The van der Waals surface area contributed by atoms with Crippen molar-refractivity contribution in [1.29, 1.82) is 0 Å². The van der Waals surface area contributed by atoms with Crippen molar-refractivity contribution >= 4 is 5.91 Å². The van der Waals surface area contributed by atoms with Crippen LogP contribution in [0.15, 0.2) is 0 Å². The zero-order valence-corrected chi connectivity index (χ0v) is 12.4. The van der Waals surface area contributed by atoms with Crippen LogP contribution in [-0.4, -0.2) is 55.7 Å². The van der Waals surface area contributed by atoms with Gasteiger partial charge in [-0.2, -0.15) is 0 Å². The first-order valence-electron chi connectivity index (χ1n) is 7.53. The van der Waals surface area contributed by atoms with Gasteiger partial charge in [0.05, 0.1) is 6.10 Å². The number of hydrogen-bond donors (Lipinski definition) is 2. The maximum absolute atomic E-state index is 11.7. The summed E-state index contributed by atoms with van der Waals surface area (Å²) in [5.74, 6) is 0.0922. The molecule has 112 valence electrons. The van der Waals surface area contributed by atoms with E-state index in [1.54, 1.807) is 0 Å². The van der Waals surface area contributed by atoms with Gasteiger partial charge in [-0.15, -0.1) is 0 Å². The summed E-state index contributed by atoms with van der Waals surface area (Å²) in [6, 6.07) is 0.138. The molecule has 0 aromatic rings. The third-order valence-electron chi connectivity index (χ3n) is 3.55. The first kappa shape index (κ1) is 16.4. The smallest absolute Gasteiger partial charge is 0.221 e. The Hall–Kier alpha value is -0.650. The Balaban J connectivity index is 2.43. The Morgan fingerprint density at radius 1 is 1.53 bits per heavy atom. The molecule has 0 radical (unpaired) electrons. The highest BCUT2D eigenvalue weighted by Crippen LogP contribution is 2.17. The van der Waals surface area contributed by atoms with Crippen molar-refractivity contribution in [2.24, 2.45) is 5.73 Å². The summed E-state index contributed by atoms with van der Waals surface area (Å²) in [6.07, 6.45) is 4.09. The fourth-order valence-corrected chi connectivity index (χ4v) is 2.56. The van der Waals surface area contributed by atoms with Gasteiger partial charge >= 0.3 is 0 Å². The van der Waals surface area contributed by atoms with E-state index in [2.05, 4.69) is 17.1 Å². The number of likely N-dealkylation sites (tertiary alicyclic amines) is 1. The monoisotopic (exact) mass is 271 g/mol. The average molecular weight is 271 g/mol. The first-order valence-corrected chi connectivity index (χ1v) is 7.53.